The summed E-state index contributed by atoms with van der Waals surface area (Å²) >= 11 is 3.24. The molecule has 10 heteroatoms. The van der Waals surface area contributed by atoms with Gasteiger partial charge in [0.05, 0.1) is 29.8 Å². The number of rotatable bonds is 8. The molecule has 0 unspecified atom stereocenters. The average Bonchev–Trinajstić information content (AvgIpc) is 3.09. The van der Waals surface area contributed by atoms with E-state index in [0.29, 0.717) is 16.6 Å². The van der Waals surface area contributed by atoms with Gasteiger partial charge in [-0.05, 0) is 35.8 Å². The number of carbonyl (C=O) groups is 1. The van der Waals surface area contributed by atoms with E-state index >= 15 is 0 Å². The van der Waals surface area contributed by atoms with Crippen LogP contribution in [0.2, 0.25) is 0 Å². The molecular weight excluding hydrogens is 475 g/mol. The van der Waals surface area contributed by atoms with Gasteiger partial charge in [0, 0.05) is 18.5 Å². The van der Waals surface area contributed by atoms with Crippen LogP contribution in [0.25, 0.3) is 16.9 Å². The quantitative estimate of drug-likeness (QED) is 0.468. The molecule has 1 aromatic carbocycles. The third-order valence-electron chi connectivity index (χ3n) is 5.10. The second-order valence-electron chi connectivity index (χ2n) is 7.10. The molecule has 0 fully saturated rings. The minimum Gasteiger partial charge on any atom is -0.350 e. The largest absolute Gasteiger partial charge is 0.433 e. The zero-order valence-corrected chi connectivity index (χ0v) is 18.8. The van der Waals surface area contributed by atoms with E-state index in [-0.39, 0.29) is 21.5 Å². The van der Waals surface area contributed by atoms with Crippen molar-refractivity contribution in [3.8, 4) is 11.3 Å². The van der Waals surface area contributed by atoms with E-state index in [9.17, 15) is 18.0 Å². The van der Waals surface area contributed by atoms with Crippen LogP contribution in [0.5, 0.6) is 0 Å². The van der Waals surface area contributed by atoms with E-state index in [1.54, 1.807) is 30.3 Å². The molecule has 0 spiro atoms. The number of aromatic nitrogens is 3. The van der Waals surface area contributed by atoms with Crippen molar-refractivity contribution in [3.63, 3.8) is 0 Å². The zero-order chi connectivity index (χ0) is 22.6. The van der Waals surface area contributed by atoms with Gasteiger partial charge < -0.3 is 10.2 Å². The molecule has 3 aromatic rings. The maximum atomic E-state index is 13.7. The van der Waals surface area contributed by atoms with Gasteiger partial charge in [0.15, 0.2) is 17.0 Å². The summed E-state index contributed by atoms with van der Waals surface area (Å²) in [7, 11) is 0. The first-order chi connectivity index (χ1) is 14.8. The van der Waals surface area contributed by atoms with Crippen LogP contribution in [0.3, 0.4) is 0 Å². The minimum absolute atomic E-state index is 0.0635. The number of amides is 1. The Balaban J connectivity index is 1.92. The fourth-order valence-electron chi connectivity index (χ4n) is 3.32. The van der Waals surface area contributed by atoms with Crippen LogP contribution in [0, 0.1) is 0 Å². The summed E-state index contributed by atoms with van der Waals surface area (Å²) in [6.07, 6.45) is -3.91. The maximum absolute atomic E-state index is 13.7. The molecule has 0 aliphatic rings. The number of fused-ring (bicyclic) bond motifs is 1. The number of benzene rings is 1. The van der Waals surface area contributed by atoms with Crippen LogP contribution in [0.1, 0.15) is 36.5 Å². The van der Waals surface area contributed by atoms with Crippen LogP contribution in [-0.2, 0) is 6.18 Å². The van der Waals surface area contributed by atoms with Gasteiger partial charge in [0.1, 0.15) is 0 Å². The van der Waals surface area contributed by atoms with Gasteiger partial charge in [-0.15, -0.1) is 0 Å². The second-order valence-corrected chi connectivity index (χ2v) is 7.90. The lowest BCUT2D eigenvalue weighted by Gasteiger charge is -2.14. The topological polar surface area (TPSA) is 63.7 Å². The number of alkyl halides is 3. The smallest absolute Gasteiger partial charge is 0.350 e. The summed E-state index contributed by atoms with van der Waals surface area (Å²) in [5.74, 6) is -0.540. The van der Waals surface area contributed by atoms with Crippen molar-refractivity contribution in [2.24, 2.45) is 0 Å². The standard InChI is InChI=1S/C21H23BrF3N5O/c1-3-29(4-2)12-8-11-26-20(31)18-17(22)19-27-15(14-9-6-5-7-10-14)13-16(21(23,24)25)30(19)28-18/h5-7,9-10,13H,3-4,8,11-12H2,1-2H3,(H,26,31)/p+1. The highest BCUT2D eigenvalue weighted by Gasteiger charge is 2.36. The Bertz CT molecular complexity index is 1050. The highest BCUT2D eigenvalue weighted by Crippen LogP contribution is 2.34. The Kier molecular flexibility index (Phi) is 7.32. The molecular formula is C21H24BrF3N5O+. The Morgan fingerprint density at radius 1 is 1.19 bits per heavy atom. The molecule has 31 heavy (non-hydrogen) atoms. The molecule has 0 bridgehead atoms. The molecule has 2 heterocycles. The van der Waals surface area contributed by atoms with Crippen LogP contribution in [0.4, 0.5) is 13.2 Å². The molecule has 0 saturated carbocycles. The molecule has 0 radical (unpaired) electrons. The molecule has 1 amide bonds. The van der Waals surface area contributed by atoms with Crippen molar-refractivity contribution < 1.29 is 22.9 Å². The summed E-state index contributed by atoms with van der Waals surface area (Å²) in [4.78, 5) is 18.3. The van der Waals surface area contributed by atoms with Crippen LogP contribution >= 0.6 is 15.9 Å². The Labute approximate surface area is 186 Å². The first kappa shape index (κ1) is 23.2. The highest BCUT2D eigenvalue weighted by atomic mass is 79.9. The second kappa shape index (κ2) is 9.78. The fourth-order valence-corrected chi connectivity index (χ4v) is 3.84. The summed E-state index contributed by atoms with van der Waals surface area (Å²) in [5.41, 5.74) is -0.505. The molecule has 0 saturated heterocycles. The lowest BCUT2D eigenvalue weighted by molar-refractivity contribution is -0.896. The zero-order valence-electron chi connectivity index (χ0n) is 17.3. The van der Waals surface area contributed by atoms with Crippen molar-refractivity contribution in [1.82, 2.24) is 19.9 Å². The first-order valence-corrected chi connectivity index (χ1v) is 10.9. The van der Waals surface area contributed by atoms with E-state index in [2.05, 4.69) is 45.2 Å². The SMILES string of the molecule is CC[NH+](CC)CCCNC(=O)c1nn2c(C(F)(F)F)cc(-c3ccccc3)nc2c1Br. The van der Waals surface area contributed by atoms with Crippen molar-refractivity contribution in [3.05, 3.63) is 52.3 Å². The van der Waals surface area contributed by atoms with Gasteiger partial charge in [-0.1, -0.05) is 30.3 Å². The number of nitrogens with one attached hydrogen (secondary N) is 2. The van der Waals surface area contributed by atoms with Gasteiger partial charge in [-0.3, -0.25) is 4.79 Å². The predicted molar refractivity (Wildman–Crippen MR) is 115 cm³/mol. The van der Waals surface area contributed by atoms with Crippen molar-refractivity contribution in [2.45, 2.75) is 26.4 Å². The molecule has 6 nitrogen and oxygen atoms in total. The average molecular weight is 499 g/mol. The van der Waals surface area contributed by atoms with Crippen LogP contribution in [0.15, 0.2) is 40.9 Å². The van der Waals surface area contributed by atoms with E-state index in [0.717, 1.165) is 32.1 Å². The number of hydrogen-bond donors (Lipinski definition) is 2. The first-order valence-electron chi connectivity index (χ1n) is 10.1. The molecule has 2 N–H and O–H groups in total. The Hall–Kier alpha value is -2.46. The molecule has 0 aliphatic carbocycles. The number of carbonyl (C=O) groups excluding carboxylic acids is 1. The Morgan fingerprint density at radius 2 is 1.87 bits per heavy atom. The van der Waals surface area contributed by atoms with Gasteiger partial charge in [0.2, 0.25) is 0 Å². The summed E-state index contributed by atoms with van der Waals surface area (Å²) in [6.45, 7) is 7.51. The normalized spacial score (nSPS) is 12.0. The van der Waals surface area contributed by atoms with Crippen LogP contribution < -0.4 is 10.2 Å². The van der Waals surface area contributed by atoms with Crippen molar-refractivity contribution in [2.75, 3.05) is 26.2 Å². The van der Waals surface area contributed by atoms with Gasteiger partial charge in [0.25, 0.3) is 5.91 Å². The summed E-state index contributed by atoms with van der Waals surface area (Å²) in [6, 6.07) is 9.50. The third kappa shape index (κ3) is 5.24. The minimum atomic E-state index is -4.67. The molecule has 3 rings (SSSR count). The fraction of sp³-hybridized carbons (Fsp3) is 0.381. The molecule has 0 aliphatic heterocycles. The number of hydrogen-bond acceptors (Lipinski definition) is 3. The van der Waals surface area contributed by atoms with Crippen molar-refractivity contribution >= 4 is 27.5 Å². The monoisotopic (exact) mass is 498 g/mol. The van der Waals surface area contributed by atoms with Crippen molar-refractivity contribution in [1.29, 1.82) is 0 Å². The summed E-state index contributed by atoms with van der Waals surface area (Å²) in [5, 5.41) is 6.67. The maximum Gasteiger partial charge on any atom is 0.433 e. The van der Waals surface area contributed by atoms with E-state index in [1.165, 1.54) is 4.90 Å². The molecule has 166 valence electrons. The van der Waals surface area contributed by atoms with Gasteiger partial charge in [-0.25, -0.2) is 9.50 Å². The highest BCUT2D eigenvalue weighted by molar-refractivity contribution is 9.10. The van der Waals surface area contributed by atoms with Crippen LogP contribution in [-0.4, -0.2) is 46.7 Å². The lowest BCUT2D eigenvalue weighted by atomic mass is 10.1. The van der Waals surface area contributed by atoms with Gasteiger partial charge in [-0.2, -0.15) is 18.3 Å². The summed E-state index contributed by atoms with van der Waals surface area (Å²) < 4.78 is 42.0. The van der Waals surface area contributed by atoms with Gasteiger partial charge >= 0.3 is 6.18 Å². The van der Waals surface area contributed by atoms with E-state index in [4.69, 9.17) is 0 Å². The van der Waals surface area contributed by atoms with E-state index in [1.807, 2.05) is 0 Å². The number of quaternary nitrogens is 1. The lowest BCUT2D eigenvalue weighted by Crippen LogP contribution is -3.11. The number of halogens is 4. The van der Waals surface area contributed by atoms with E-state index < -0.39 is 17.8 Å². The number of nitrogens with zero attached hydrogens (tertiary/aromatic N) is 3. The Morgan fingerprint density at radius 3 is 2.48 bits per heavy atom. The third-order valence-corrected chi connectivity index (χ3v) is 5.83. The predicted octanol–water partition coefficient (Wildman–Crippen LogP) is 3.22. The molecule has 2 aromatic heterocycles. The molecule has 0 atom stereocenters.